The van der Waals surface area contributed by atoms with Crippen molar-refractivity contribution in [1.82, 2.24) is 15.2 Å². The number of nitrogens with zero attached hydrogens (tertiary/aromatic N) is 3. The maximum absolute atomic E-state index is 6.03. The van der Waals surface area contributed by atoms with Crippen molar-refractivity contribution in [2.24, 2.45) is 4.99 Å². The minimum atomic E-state index is 0.0918. The van der Waals surface area contributed by atoms with Crippen molar-refractivity contribution in [3.05, 3.63) is 51.5 Å². The van der Waals surface area contributed by atoms with E-state index in [9.17, 15) is 0 Å². The molecule has 140 valence electrons. The largest absolute Gasteiger partial charge is 0.370 e. The Morgan fingerprint density at radius 1 is 1.42 bits per heavy atom. The molecule has 26 heavy (non-hydrogen) atoms. The van der Waals surface area contributed by atoms with Gasteiger partial charge in [0.15, 0.2) is 5.96 Å². The second kappa shape index (κ2) is 9.14. The topological polar surface area (TPSA) is 49.8 Å². The molecule has 0 spiro atoms. The summed E-state index contributed by atoms with van der Waals surface area (Å²) in [5.41, 5.74) is 3.70. The van der Waals surface area contributed by atoms with Gasteiger partial charge in [-0.3, -0.25) is 4.99 Å². The Labute approximate surface area is 160 Å². The zero-order chi connectivity index (χ0) is 18.4. The van der Waals surface area contributed by atoms with Gasteiger partial charge >= 0.3 is 0 Å². The minimum Gasteiger partial charge on any atom is -0.370 e. The van der Waals surface area contributed by atoms with Gasteiger partial charge in [-0.05, 0) is 24.5 Å². The number of morpholine rings is 1. The average molecular weight is 373 g/mol. The number of benzene rings is 1. The number of aryl methyl sites for hydroxylation is 2. The molecule has 0 bridgehead atoms. The molecule has 1 atom stereocenters. The molecular weight excluding hydrogens is 344 g/mol. The second-order valence-corrected chi connectivity index (χ2v) is 7.41. The Balaban J connectivity index is 1.56. The summed E-state index contributed by atoms with van der Waals surface area (Å²) in [4.78, 5) is 11.4. The predicted molar refractivity (Wildman–Crippen MR) is 108 cm³/mol. The fraction of sp³-hybridized carbons (Fsp3) is 0.500. The summed E-state index contributed by atoms with van der Waals surface area (Å²) in [6.45, 7) is 7.52. The van der Waals surface area contributed by atoms with Gasteiger partial charge < -0.3 is 15.0 Å². The molecule has 1 fully saturated rings. The molecule has 1 aromatic carbocycles. The van der Waals surface area contributed by atoms with E-state index in [0.717, 1.165) is 44.1 Å². The van der Waals surface area contributed by atoms with E-state index in [1.165, 1.54) is 16.1 Å². The van der Waals surface area contributed by atoms with E-state index in [1.54, 1.807) is 11.3 Å². The number of aromatic nitrogens is 1. The monoisotopic (exact) mass is 372 g/mol. The molecule has 3 rings (SSSR count). The van der Waals surface area contributed by atoms with E-state index < -0.39 is 0 Å². The molecule has 1 aliphatic heterocycles. The van der Waals surface area contributed by atoms with Crippen LogP contribution in [0.4, 0.5) is 0 Å². The van der Waals surface area contributed by atoms with Gasteiger partial charge in [0.2, 0.25) is 0 Å². The summed E-state index contributed by atoms with van der Waals surface area (Å²) in [5.74, 6) is 0.942. The molecule has 0 radical (unpaired) electrons. The molecule has 6 heteroatoms. The van der Waals surface area contributed by atoms with Gasteiger partial charge in [0.05, 0.1) is 23.9 Å². The van der Waals surface area contributed by atoms with E-state index in [2.05, 4.69) is 63.7 Å². The lowest BCUT2D eigenvalue weighted by Crippen LogP contribution is -2.48. The number of thiazole rings is 1. The van der Waals surface area contributed by atoms with Crippen molar-refractivity contribution in [2.45, 2.75) is 32.8 Å². The molecule has 0 saturated carbocycles. The van der Waals surface area contributed by atoms with Crippen LogP contribution in [0, 0.1) is 6.92 Å². The first kappa shape index (κ1) is 18.9. The van der Waals surface area contributed by atoms with Crippen molar-refractivity contribution in [2.75, 3.05) is 33.3 Å². The van der Waals surface area contributed by atoms with Gasteiger partial charge in [0.25, 0.3) is 0 Å². The van der Waals surface area contributed by atoms with Crippen LogP contribution in [0.3, 0.4) is 0 Å². The van der Waals surface area contributed by atoms with Crippen molar-refractivity contribution < 1.29 is 4.74 Å². The summed E-state index contributed by atoms with van der Waals surface area (Å²) in [5, 5.41) is 6.85. The highest BCUT2D eigenvalue weighted by Crippen LogP contribution is 2.24. The number of rotatable bonds is 5. The number of guanidine groups is 1. The Hall–Kier alpha value is -1.92. The molecule has 0 amide bonds. The third-order valence-electron chi connectivity index (χ3n) is 4.68. The van der Waals surface area contributed by atoms with E-state index in [1.807, 2.05) is 7.05 Å². The van der Waals surface area contributed by atoms with E-state index in [-0.39, 0.29) is 6.10 Å². The molecule has 2 aromatic rings. The summed E-state index contributed by atoms with van der Waals surface area (Å²) < 4.78 is 6.03. The highest BCUT2D eigenvalue weighted by Gasteiger charge is 2.25. The predicted octanol–water partition coefficient (Wildman–Crippen LogP) is 3.21. The Morgan fingerprint density at radius 3 is 3.00 bits per heavy atom. The van der Waals surface area contributed by atoms with Crippen LogP contribution in [0.2, 0.25) is 0 Å². The lowest BCUT2D eigenvalue weighted by molar-refractivity contribution is -0.00829. The fourth-order valence-corrected chi connectivity index (χ4v) is 4.02. The smallest absolute Gasteiger partial charge is 0.193 e. The van der Waals surface area contributed by atoms with Crippen molar-refractivity contribution in [3.63, 3.8) is 0 Å². The number of hydrogen-bond acceptors (Lipinski definition) is 4. The lowest BCUT2D eigenvalue weighted by Gasteiger charge is -2.35. The first-order chi connectivity index (χ1) is 12.7. The lowest BCUT2D eigenvalue weighted by atomic mass is 10.0. The molecule has 1 aromatic heterocycles. The Morgan fingerprint density at radius 2 is 2.27 bits per heavy atom. The van der Waals surface area contributed by atoms with Crippen molar-refractivity contribution in [3.8, 4) is 0 Å². The van der Waals surface area contributed by atoms with Crippen LogP contribution in [0.1, 0.15) is 34.9 Å². The molecule has 1 saturated heterocycles. The number of ether oxygens (including phenoxy) is 1. The number of aliphatic imine (C=N–C) groups is 1. The zero-order valence-electron chi connectivity index (χ0n) is 15.9. The first-order valence-corrected chi connectivity index (χ1v) is 10.1. The van der Waals surface area contributed by atoms with Crippen LogP contribution in [-0.2, 0) is 17.6 Å². The zero-order valence-corrected chi connectivity index (χ0v) is 16.7. The molecule has 2 heterocycles. The number of nitrogens with one attached hydrogen (secondary N) is 1. The minimum absolute atomic E-state index is 0.0918. The summed E-state index contributed by atoms with van der Waals surface area (Å²) in [6.07, 6.45) is 2.02. The second-order valence-electron chi connectivity index (χ2n) is 6.47. The Kier molecular flexibility index (Phi) is 6.63. The van der Waals surface area contributed by atoms with Crippen LogP contribution in [0.5, 0.6) is 0 Å². The van der Waals surface area contributed by atoms with Gasteiger partial charge in [-0.1, -0.05) is 31.2 Å². The molecular formula is C20H28N4OS. The van der Waals surface area contributed by atoms with Gasteiger partial charge in [-0.25, -0.2) is 4.98 Å². The highest BCUT2D eigenvalue weighted by molar-refractivity contribution is 7.09. The highest BCUT2D eigenvalue weighted by atomic mass is 32.1. The molecule has 1 N–H and O–H groups in total. The van der Waals surface area contributed by atoms with Gasteiger partial charge in [-0.15, -0.1) is 11.3 Å². The maximum atomic E-state index is 6.03. The van der Waals surface area contributed by atoms with E-state index in [0.29, 0.717) is 6.61 Å². The normalized spacial score (nSPS) is 18.2. The van der Waals surface area contributed by atoms with Crippen LogP contribution in [-0.4, -0.2) is 49.1 Å². The van der Waals surface area contributed by atoms with Crippen molar-refractivity contribution in [1.29, 1.82) is 0 Å². The SMILES string of the molecule is CCc1nc(CCNC(=NC)N2CCOC(c3ccccc3C)C2)cs1. The molecule has 1 unspecified atom stereocenters. The third-order valence-corrected chi connectivity index (χ3v) is 5.72. The fourth-order valence-electron chi connectivity index (χ4n) is 3.24. The number of hydrogen-bond donors (Lipinski definition) is 1. The Bertz CT molecular complexity index is 743. The first-order valence-electron chi connectivity index (χ1n) is 9.27. The van der Waals surface area contributed by atoms with E-state index >= 15 is 0 Å². The standard InChI is InChI=1S/C20H28N4OS/c1-4-19-23-16(14-26-19)9-10-22-20(21-3)24-11-12-25-18(13-24)17-8-6-5-7-15(17)2/h5-8,14,18H,4,9-13H2,1-3H3,(H,21,22). The summed E-state index contributed by atoms with van der Waals surface area (Å²) >= 11 is 1.75. The van der Waals surface area contributed by atoms with Crippen LogP contribution in [0.15, 0.2) is 34.6 Å². The van der Waals surface area contributed by atoms with Gasteiger partial charge in [0.1, 0.15) is 6.10 Å². The quantitative estimate of drug-likeness (QED) is 0.647. The molecule has 0 aliphatic carbocycles. The van der Waals surface area contributed by atoms with Crippen LogP contribution >= 0.6 is 11.3 Å². The third kappa shape index (κ3) is 4.62. The van der Waals surface area contributed by atoms with Gasteiger partial charge in [-0.2, -0.15) is 0 Å². The van der Waals surface area contributed by atoms with Gasteiger partial charge in [0, 0.05) is 31.9 Å². The molecule has 1 aliphatic rings. The summed E-state index contributed by atoms with van der Waals surface area (Å²) in [6, 6.07) is 8.45. The van der Waals surface area contributed by atoms with E-state index in [4.69, 9.17) is 4.74 Å². The van der Waals surface area contributed by atoms with Crippen LogP contribution in [0.25, 0.3) is 0 Å². The maximum Gasteiger partial charge on any atom is 0.193 e. The van der Waals surface area contributed by atoms with Crippen molar-refractivity contribution >= 4 is 17.3 Å². The van der Waals surface area contributed by atoms with Crippen LogP contribution < -0.4 is 5.32 Å². The average Bonchev–Trinajstić information content (AvgIpc) is 3.14. The summed E-state index contributed by atoms with van der Waals surface area (Å²) in [7, 11) is 1.85. The molecule has 5 nitrogen and oxygen atoms in total.